The van der Waals surface area contributed by atoms with Gasteiger partial charge in [-0.25, -0.2) is 4.79 Å². The SMILES string of the molecule is CC(C)(C)Nc1ccn([C@@H]2O[C@H](CO)[C@H](O)C2O)c(=O)n1. The lowest BCUT2D eigenvalue weighted by Crippen LogP contribution is -2.36. The van der Waals surface area contributed by atoms with Crippen molar-refractivity contribution >= 4 is 5.82 Å². The molecule has 0 spiro atoms. The third-order valence-electron chi connectivity index (χ3n) is 3.12. The fraction of sp³-hybridized carbons (Fsp3) is 0.692. The van der Waals surface area contributed by atoms with E-state index in [4.69, 9.17) is 9.84 Å². The van der Waals surface area contributed by atoms with E-state index in [1.807, 2.05) is 20.8 Å². The molecular formula is C13H21N3O5. The fourth-order valence-corrected chi connectivity index (χ4v) is 2.17. The Labute approximate surface area is 122 Å². The van der Waals surface area contributed by atoms with Gasteiger partial charge in [0.05, 0.1) is 6.61 Å². The number of aliphatic hydroxyl groups is 3. The van der Waals surface area contributed by atoms with Crippen LogP contribution in [0.15, 0.2) is 17.1 Å². The van der Waals surface area contributed by atoms with Crippen LogP contribution in [0.5, 0.6) is 0 Å². The summed E-state index contributed by atoms with van der Waals surface area (Å²) in [4.78, 5) is 15.9. The van der Waals surface area contributed by atoms with E-state index < -0.39 is 36.8 Å². The molecule has 0 saturated carbocycles. The smallest absolute Gasteiger partial charge is 0.351 e. The minimum absolute atomic E-state index is 0.243. The van der Waals surface area contributed by atoms with Gasteiger partial charge in [-0.15, -0.1) is 0 Å². The van der Waals surface area contributed by atoms with Crippen LogP contribution >= 0.6 is 0 Å². The Hall–Kier alpha value is -1.48. The maximum absolute atomic E-state index is 12.0. The number of ether oxygens (including phenoxy) is 1. The van der Waals surface area contributed by atoms with Gasteiger partial charge in [-0.2, -0.15) is 4.98 Å². The highest BCUT2D eigenvalue weighted by Crippen LogP contribution is 2.28. The minimum atomic E-state index is -1.30. The lowest BCUT2D eigenvalue weighted by molar-refractivity contribution is -0.0549. The summed E-state index contributed by atoms with van der Waals surface area (Å²) in [5.41, 5.74) is -0.855. The quantitative estimate of drug-likeness (QED) is 0.569. The normalized spacial score (nSPS) is 29.6. The molecule has 1 aromatic heterocycles. The molecule has 1 aliphatic heterocycles. The number of aliphatic hydroxyl groups excluding tert-OH is 3. The molecule has 0 bridgehead atoms. The van der Waals surface area contributed by atoms with E-state index in [1.165, 1.54) is 6.20 Å². The lowest BCUT2D eigenvalue weighted by Gasteiger charge is -2.22. The Kier molecular flexibility index (Phi) is 4.33. The number of hydrogen-bond donors (Lipinski definition) is 4. The topological polar surface area (TPSA) is 117 Å². The highest BCUT2D eigenvalue weighted by atomic mass is 16.6. The predicted octanol–water partition coefficient (Wildman–Crippen LogP) is -0.935. The van der Waals surface area contributed by atoms with Crippen molar-refractivity contribution in [2.75, 3.05) is 11.9 Å². The molecule has 8 heteroatoms. The molecule has 1 aliphatic rings. The van der Waals surface area contributed by atoms with Crippen molar-refractivity contribution in [2.45, 2.75) is 50.8 Å². The summed E-state index contributed by atoms with van der Waals surface area (Å²) in [5.74, 6) is 0.412. The van der Waals surface area contributed by atoms with E-state index in [9.17, 15) is 15.0 Å². The third kappa shape index (κ3) is 3.41. The second kappa shape index (κ2) is 5.72. The van der Waals surface area contributed by atoms with E-state index in [0.717, 1.165) is 4.57 Å². The van der Waals surface area contributed by atoms with Gasteiger partial charge in [-0.1, -0.05) is 0 Å². The number of aromatic nitrogens is 2. The van der Waals surface area contributed by atoms with E-state index in [0.29, 0.717) is 5.82 Å². The number of nitrogens with one attached hydrogen (secondary N) is 1. The van der Waals surface area contributed by atoms with Crippen molar-refractivity contribution in [1.29, 1.82) is 0 Å². The predicted molar refractivity (Wildman–Crippen MR) is 74.9 cm³/mol. The van der Waals surface area contributed by atoms with Crippen LogP contribution in [-0.2, 0) is 4.74 Å². The second-order valence-electron chi connectivity index (χ2n) is 6.11. The molecule has 118 valence electrons. The Morgan fingerprint density at radius 2 is 2.05 bits per heavy atom. The van der Waals surface area contributed by atoms with Crippen LogP contribution in [0.1, 0.15) is 27.0 Å². The van der Waals surface area contributed by atoms with Gasteiger partial charge in [0.25, 0.3) is 0 Å². The average Bonchev–Trinajstić information content (AvgIpc) is 2.65. The fourth-order valence-electron chi connectivity index (χ4n) is 2.17. The summed E-state index contributed by atoms with van der Waals surface area (Å²) in [7, 11) is 0. The van der Waals surface area contributed by atoms with Crippen LogP contribution in [0.25, 0.3) is 0 Å². The van der Waals surface area contributed by atoms with Crippen molar-refractivity contribution in [3.05, 3.63) is 22.7 Å². The summed E-state index contributed by atoms with van der Waals surface area (Å²) in [6.07, 6.45) is -3.11. The molecule has 0 amide bonds. The zero-order valence-corrected chi connectivity index (χ0v) is 12.2. The van der Waals surface area contributed by atoms with Gasteiger partial charge in [0, 0.05) is 11.7 Å². The molecule has 1 aromatic rings. The monoisotopic (exact) mass is 299 g/mol. The number of anilines is 1. The molecule has 1 fully saturated rings. The van der Waals surface area contributed by atoms with E-state index in [2.05, 4.69) is 10.3 Å². The molecule has 0 aliphatic carbocycles. The van der Waals surface area contributed by atoms with Gasteiger partial charge in [0.2, 0.25) is 0 Å². The van der Waals surface area contributed by atoms with Gasteiger partial charge >= 0.3 is 5.69 Å². The first-order valence-electron chi connectivity index (χ1n) is 6.73. The molecule has 4 N–H and O–H groups in total. The molecule has 1 unspecified atom stereocenters. The van der Waals surface area contributed by atoms with Crippen LogP contribution in [0.2, 0.25) is 0 Å². The minimum Gasteiger partial charge on any atom is -0.394 e. The summed E-state index contributed by atoms with van der Waals surface area (Å²) in [6.45, 7) is 5.37. The summed E-state index contributed by atoms with van der Waals surface area (Å²) < 4.78 is 6.39. The molecule has 2 rings (SSSR count). The lowest BCUT2D eigenvalue weighted by atomic mass is 10.1. The zero-order valence-electron chi connectivity index (χ0n) is 12.2. The van der Waals surface area contributed by atoms with Crippen LogP contribution < -0.4 is 11.0 Å². The third-order valence-corrected chi connectivity index (χ3v) is 3.12. The van der Waals surface area contributed by atoms with Crippen molar-refractivity contribution in [2.24, 2.45) is 0 Å². The number of rotatable bonds is 3. The van der Waals surface area contributed by atoms with Crippen molar-refractivity contribution in [3.63, 3.8) is 0 Å². The first-order chi connectivity index (χ1) is 9.73. The summed E-state index contributed by atoms with van der Waals surface area (Å²) >= 11 is 0. The molecule has 0 radical (unpaired) electrons. The maximum atomic E-state index is 12.0. The second-order valence-corrected chi connectivity index (χ2v) is 6.11. The summed E-state index contributed by atoms with van der Waals surface area (Å²) in [5, 5.41) is 31.7. The summed E-state index contributed by atoms with van der Waals surface area (Å²) in [6, 6.07) is 1.58. The molecule has 8 nitrogen and oxygen atoms in total. The standard InChI is InChI=1S/C13H21N3O5/c1-13(2,3)15-8-4-5-16(12(20)14-8)11-10(19)9(18)7(6-17)21-11/h4-5,7,9-11,17-19H,6H2,1-3H3,(H,14,15,20)/t7-,9+,10?,11-/m1/s1. The highest BCUT2D eigenvalue weighted by molar-refractivity contribution is 5.34. The van der Waals surface area contributed by atoms with Gasteiger partial charge < -0.3 is 25.4 Å². The van der Waals surface area contributed by atoms with Crippen LogP contribution in [0.4, 0.5) is 5.82 Å². The van der Waals surface area contributed by atoms with Gasteiger partial charge in [-0.05, 0) is 26.8 Å². The Morgan fingerprint density at radius 1 is 1.38 bits per heavy atom. The Balaban J connectivity index is 2.24. The van der Waals surface area contributed by atoms with Crippen LogP contribution in [0.3, 0.4) is 0 Å². The Morgan fingerprint density at radius 3 is 2.52 bits per heavy atom. The molecule has 2 heterocycles. The van der Waals surface area contributed by atoms with Crippen molar-refractivity contribution in [1.82, 2.24) is 9.55 Å². The molecule has 21 heavy (non-hydrogen) atoms. The van der Waals surface area contributed by atoms with E-state index in [1.54, 1.807) is 6.07 Å². The first kappa shape index (κ1) is 15.9. The van der Waals surface area contributed by atoms with Gasteiger partial charge in [0.1, 0.15) is 24.1 Å². The molecule has 1 saturated heterocycles. The largest absolute Gasteiger partial charge is 0.394 e. The molecular weight excluding hydrogens is 278 g/mol. The first-order valence-corrected chi connectivity index (χ1v) is 6.73. The zero-order chi connectivity index (χ0) is 15.8. The average molecular weight is 299 g/mol. The molecule has 4 atom stereocenters. The van der Waals surface area contributed by atoms with Gasteiger partial charge in [-0.3, -0.25) is 4.57 Å². The highest BCUT2D eigenvalue weighted by Gasteiger charge is 2.43. The van der Waals surface area contributed by atoms with Crippen LogP contribution in [0, 0.1) is 0 Å². The van der Waals surface area contributed by atoms with E-state index >= 15 is 0 Å². The number of nitrogens with zero attached hydrogens (tertiary/aromatic N) is 2. The van der Waals surface area contributed by atoms with Crippen molar-refractivity contribution in [3.8, 4) is 0 Å². The Bertz CT molecular complexity index is 553. The van der Waals surface area contributed by atoms with E-state index in [-0.39, 0.29) is 5.54 Å². The number of hydrogen-bond acceptors (Lipinski definition) is 7. The van der Waals surface area contributed by atoms with Crippen molar-refractivity contribution < 1.29 is 20.1 Å². The van der Waals surface area contributed by atoms with Crippen LogP contribution in [-0.4, -0.2) is 55.3 Å². The maximum Gasteiger partial charge on any atom is 0.351 e. The molecule has 0 aromatic carbocycles. The van der Waals surface area contributed by atoms with Gasteiger partial charge in [0.15, 0.2) is 6.23 Å².